The highest BCUT2D eigenvalue weighted by atomic mass is 16.7. The summed E-state index contributed by atoms with van der Waals surface area (Å²) in [7, 11) is 6.05. The van der Waals surface area contributed by atoms with Gasteiger partial charge in [-0.3, -0.25) is 0 Å². The van der Waals surface area contributed by atoms with Crippen molar-refractivity contribution in [1.82, 2.24) is 0 Å². The molecule has 0 aromatic heterocycles. The largest absolute Gasteiger partial charge is 0.451 e. The molecule has 0 spiro atoms. The fraction of sp³-hybridized carbons (Fsp3) is 0.538. The Morgan fingerprint density at radius 3 is 2.56 bits per heavy atom. The molecule has 0 saturated carbocycles. The zero-order valence-corrected chi connectivity index (χ0v) is 10.1. The molecule has 0 fully saturated rings. The molecular formula is C13H17BO2. The number of ether oxygens (including phenoxy) is 2. The lowest BCUT2D eigenvalue weighted by atomic mass is 9.67. The molecule has 1 aliphatic heterocycles. The second-order valence-corrected chi connectivity index (χ2v) is 4.84. The number of hydrogen-bond acceptors (Lipinski definition) is 2. The highest BCUT2D eigenvalue weighted by Gasteiger charge is 2.25. The lowest BCUT2D eigenvalue weighted by molar-refractivity contribution is 0.0413. The van der Waals surface area contributed by atoms with E-state index in [-0.39, 0.29) is 11.6 Å². The fourth-order valence-electron chi connectivity index (χ4n) is 1.76. The van der Waals surface area contributed by atoms with Crippen LogP contribution in [0.1, 0.15) is 39.2 Å². The van der Waals surface area contributed by atoms with Crippen molar-refractivity contribution >= 4 is 7.85 Å². The molecule has 0 saturated heterocycles. The monoisotopic (exact) mass is 216 g/mol. The summed E-state index contributed by atoms with van der Waals surface area (Å²) in [5, 5.41) is -0.346. The molecule has 0 aliphatic carbocycles. The average Bonchev–Trinajstić information content (AvgIpc) is 2.57. The molecule has 1 aliphatic rings. The third-order valence-corrected chi connectivity index (χ3v) is 2.73. The molecule has 3 heteroatoms. The van der Waals surface area contributed by atoms with Gasteiger partial charge in [0.25, 0.3) is 0 Å². The first-order chi connectivity index (χ1) is 7.50. The summed E-state index contributed by atoms with van der Waals surface area (Å²) >= 11 is 0. The van der Waals surface area contributed by atoms with Crippen molar-refractivity contribution in [2.24, 2.45) is 0 Å². The normalized spacial score (nSPS) is 18.8. The van der Waals surface area contributed by atoms with Gasteiger partial charge in [-0.05, 0) is 29.4 Å². The summed E-state index contributed by atoms with van der Waals surface area (Å²) < 4.78 is 11.4. The smallest absolute Gasteiger partial charge is 0.241 e. The van der Waals surface area contributed by atoms with Crippen LogP contribution in [0, 0.1) is 0 Å². The minimum absolute atomic E-state index is 0.129. The third-order valence-electron chi connectivity index (χ3n) is 2.73. The van der Waals surface area contributed by atoms with Crippen LogP contribution in [0.2, 0.25) is 0 Å². The van der Waals surface area contributed by atoms with Crippen LogP contribution in [0.25, 0.3) is 0 Å². The van der Waals surface area contributed by atoms with E-state index in [0.717, 1.165) is 29.9 Å². The van der Waals surface area contributed by atoms with Crippen LogP contribution in [-0.2, 0) is 5.31 Å². The number of fused-ring (bicyclic) bond motifs is 1. The van der Waals surface area contributed by atoms with E-state index in [9.17, 15) is 0 Å². The van der Waals surface area contributed by atoms with Gasteiger partial charge in [0.2, 0.25) is 6.29 Å². The van der Waals surface area contributed by atoms with E-state index < -0.39 is 0 Å². The Hall–Kier alpha value is -1.12. The minimum Gasteiger partial charge on any atom is -0.451 e. The van der Waals surface area contributed by atoms with Gasteiger partial charge in [-0.1, -0.05) is 26.8 Å². The summed E-state index contributed by atoms with van der Waals surface area (Å²) in [6.45, 7) is 6.08. The first-order valence-corrected chi connectivity index (χ1v) is 5.77. The molecule has 0 amide bonds. The van der Waals surface area contributed by atoms with Gasteiger partial charge in [-0.25, -0.2) is 0 Å². The van der Waals surface area contributed by atoms with Gasteiger partial charge >= 0.3 is 0 Å². The van der Waals surface area contributed by atoms with Crippen LogP contribution in [-0.4, -0.2) is 14.1 Å². The SMILES string of the molecule is [B]C(C)(C)c1ccc2c(c1)OC(CCC)O2. The number of hydrogen-bond donors (Lipinski definition) is 0. The van der Waals surface area contributed by atoms with Crippen molar-refractivity contribution in [2.45, 2.75) is 45.2 Å². The zero-order valence-electron chi connectivity index (χ0n) is 10.1. The lowest BCUT2D eigenvalue weighted by Crippen LogP contribution is -2.17. The van der Waals surface area contributed by atoms with E-state index in [2.05, 4.69) is 6.92 Å². The van der Waals surface area contributed by atoms with E-state index in [0.29, 0.717) is 0 Å². The molecule has 1 aromatic carbocycles. The Morgan fingerprint density at radius 1 is 1.25 bits per heavy atom. The van der Waals surface area contributed by atoms with Gasteiger partial charge < -0.3 is 9.47 Å². The Balaban J connectivity index is 2.21. The summed E-state index contributed by atoms with van der Waals surface area (Å²) in [5.74, 6) is 1.64. The molecule has 0 bridgehead atoms. The first-order valence-electron chi connectivity index (χ1n) is 5.77. The maximum Gasteiger partial charge on any atom is 0.241 e. The third kappa shape index (κ3) is 2.18. The Morgan fingerprint density at radius 2 is 1.94 bits per heavy atom. The molecule has 2 nitrogen and oxygen atoms in total. The molecule has 2 radical (unpaired) electrons. The summed E-state index contributed by atoms with van der Waals surface area (Å²) in [4.78, 5) is 0. The molecular weight excluding hydrogens is 199 g/mol. The highest BCUT2D eigenvalue weighted by Crippen LogP contribution is 2.38. The van der Waals surface area contributed by atoms with Crippen molar-refractivity contribution in [1.29, 1.82) is 0 Å². The predicted molar refractivity (Wildman–Crippen MR) is 65.2 cm³/mol. The molecule has 0 N–H and O–H groups in total. The maximum absolute atomic E-state index is 6.05. The summed E-state index contributed by atoms with van der Waals surface area (Å²) in [6, 6.07) is 5.91. The van der Waals surface area contributed by atoms with Crippen LogP contribution >= 0.6 is 0 Å². The Labute approximate surface area is 98.4 Å². The van der Waals surface area contributed by atoms with Crippen molar-refractivity contribution in [2.75, 3.05) is 0 Å². The topological polar surface area (TPSA) is 18.5 Å². The van der Waals surface area contributed by atoms with Crippen LogP contribution in [0.3, 0.4) is 0 Å². The van der Waals surface area contributed by atoms with Crippen LogP contribution < -0.4 is 9.47 Å². The average molecular weight is 216 g/mol. The van der Waals surface area contributed by atoms with Crippen molar-refractivity contribution in [3.63, 3.8) is 0 Å². The molecule has 16 heavy (non-hydrogen) atoms. The second kappa shape index (κ2) is 4.04. The van der Waals surface area contributed by atoms with Gasteiger partial charge in [-0.2, -0.15) is 0 Å². The fourth-order valence-corrected chi connectivity index (χ4v) is 1.76. The predicted octanol–water partition coefficient (Wildman–Crippen LogP) is 2.99. The van der Waals surface area contributed by atoms with Crippen LogP contribution in [0.15, 0.2) is 18.2 Å². The van der Waals surface area contributed by atoms with Gasteiger partial charge in [0, 0.05) is 6.42 Å². The van der Waals surface area contributed by atoms with E-state index in [4.69, 9.17) is 17.3 Å². The molecule has 1 heterocycles. The number of benzene rings is 1. The van der Waals surface area contributed by atoms with E-state index in [1.165, 1.54) is 0 Å². The van der Waals surface area contributed by atoms with Gasteiger partial charge in [0.15, 0.2) is 11.5 Å². The van der Waals surface area contributed by atoms with E-state index in [1.807, 2.05) is 32.0 Å². The molecule has 2 rings (SSSR count). The maximum atomic E-state index is 6.05. The second-order valence-electron chi connectivity index (χ2n) is 4.84. The summed E-state index contributed by atoms with van der Waals surface area (Å²) in [5.41, 5.74) is 1.06. The van der Waals surface area contributed by atoms with E-state index >= 15 is 0 Å². The number of rotatable bonds is 3. The summed E-state index contributed by atoms with van der Waals surface area (Å²) in [6.07, 6.45) is 1.83. The van der Waals surface area contributed by atoms with Crippen molar-refractivity contribution < 1.29 is 9.47 Å². The first kappa shape index (κ1) is 11.4. The zero-order chi connectivity index (χ0) is 11.8. The van der Waals surface area contributed by atoms with Gasteiger partial charge in [0.05, 0.1) is 7.85 Å². The Bertz CT molecular complexity index is 382. The van der Waals surface area contributed by atoms with Crippen LogP contribution in [0.5, 0.6) is 11.5 Å². The lowest BCUT2D eigenvalue weighted by Gasteiger charge is -2.19. The molecule has 1 unspecified atom stereocenters. The quantitative estimate of drug-likeness (QED) is 0.723. The standard InChI is InChI=1S/C13H17BO2/c1-4-5-12-15-10-7-6-9(13(2,3)14)8-11(10)16-12/h6-8,12H,4-5H2,1-3H3. The van der Waals surface area contributed by atoms with E-state index in [1.54, 1.807) is 0 Å². The molecule has 1 atom stereocenters. The van der Waals surface area contributed by atoms with Gasteiger partial charge in [0.1, 0.15) is 0 Å². The highest BCUT2D eigenvalue weighted by molar-refractivity contribution is 6.15. The Kier molecular flexibility index (Phi) is 2.87. The minimum atomic E-state index is -0.346. The molecule has 84 valence electrons. The van der Waals surface area contributed by atoms with Crippen molar-refractivity contribution in [3.8, 4) is 11.5 Å². The van der Waals surface area contributed by atoms with Crippen LogP contribution in [0.4, 0.5) is 0 Å². The van der Waals surface area contributed by atoms with Crippen molar-refractivity contribution in [3.05, 3.63) is 23.8 Å². The van der Waals surface area contributed by atoms with Gasteiger partial charge in [-0.15, -0.1) is 0 Å². The molecule has 1 aromatic rings.